The number of carbonyl (C=O) groups is 1. The number of benzene rings is 2. The average molecular weight is 417 g/mol. The van der Waals surface area contributed by atoms with Gasteiger partial charge in [-0.2, -0.15) is 0 Å². The molecular formula is C25H28N4O2. The number of hydrogen-bond acceptors (Lipinski definition) is 5. The molecule has 0 bridgehead atoms. The SMILES string of the molecule is NCC1CCCC(CNc2nc(/C=C/c3cccc(C(=O)O)c3)nc3ccccc23)C1. The van der Waals surface area contributed by atoms with E-state index >= 15 is 0 Å². The van der Waals surface area contributed by atoms with Crippen molar-refractivity contribution in [2.45, 2.75) is 25.7 Å². The summed E-state index contributed by atoms with van der Waals surface area (Å²) >= 11 is 0. The zero-order valence-electron chi connectivity index (χ0n) is 17.5. The molecule has 4 rings (SSSR count). The van der Waals surface area contributed by atoms with E-state index in [2.05, 4.69) is 10.3 Å². The molecule has 1 aromatic heterocycles. The predicted molar refractivity (Wildman–Crippen MR) is 125 cm³/mol. The molecule has 4 N–H and O–H groups in total. The van der Waals surface area contributed by atoms with Gasteiger partial charge in [-0.05, 0) is 73.5 Å². The van der Waals surface area contributed by atoms with Crippen LogP contribution in [-0.2, 0) is 0 Å². The minimum atomic E-state index is -0.941. The summed E-state index contributed by atoms with van der Waals surface area (Å²) in [6.07, 6.45) is 8.53. The van der Waals surface area contributed by atoms with Gasteiger partial charge in [0.25, 0.3) is 0 Å². The first-order valence-corrected chi connectivity index (χ1v) is 10.8. The molecule has 1 heterocycles. The van der Waals surface area contributed by atoms with Crippen molar-refractivity contribution in [2.24, 2.45) is 17.6 Å². The summed E-state index contributed by atoms with van der Waals surface area (Å²) in [5.74, 6) is 1.71. The largest absolute Gasteiger partial charge is 0.478 e. The number of nitrogens with one attached hydrogen (secondary N) is 1. The van der Waals surface area contributed by atoms with Crippen LogP contribution in [-0.4, -0.2) is 34.1 Å². The van der Waals surface area contributed by atoms with Crippen molar-refractivity contribution in [3.05, 3.63) is 65.5 Å². The normalized spacial score (nSPS) is 19.0. The summed E-state index contributed by atoms with van der Waals surface area (Å²) in [7, 11) is 0. The summed E-state index contributed by atoms with van der Waals surface area (Å²) < 4.78 is 0. The predicted octanol–water partition coefficient (Wildman–Crippen LogP) is 4.68. The second kappa shape index (κ2) is 9.71. The van der Waals surface area contributed by atoms with Gasteiger partial charge >= 0.3 is 5.97 Å². The molecule has 1 aliphatic rings. The summed E-state index contributed by atoms with van der Waals surface area (Å²) in [4.78, 5) is 20.6. The lowest BCUT2D eigenvalue weighted by Gasteiger charge is -2.28. The Bertz CT molecular complexity index is 1100. The van der Waals surface area contributed by atoms with Gasteiger partial charge in [-0.3, -0.25) is 0 Å². The average Bonchev–Trinajstić information content (AvgIpc) is 2.81. The van der Waals surface area contributed by atoms with Crippen molar-refractivity contribution in [2.75, 3.05) is 18.4 Å². The minimum absolute atomic E-state index is 0.257. The number of hydrogen-bond donors (Lipinski definition) is 3. The number of carboxylic acid groups (broad SMARTS) is 1. The van der Waals surface area contributed by atoms with Gasteiger partial charge < -0.3 is 16.2 Å². The second-order valence-electron chi connectivity index (χ2n) is 8.23. The van der Waals surface area contributed by atoms with E-state index in [1.54, 1.807) is 18.2 Å². The lowest BCUT2D eigenvalue weighted by atomic mass is 9.81. The van der Waals surface area contributed by atoms with Crippen LogP contribution in [0.1, 0.15) is 47.4 Å². The number of aromatic carboxylic acids is 1. The van der Waals surface area contributed by atoms with Gasteiger partial charge in [0.05, 0.1) is 11.1 Å². The van der Waals surface area contributed by atoms with Gasteiger partial charge in [0.15, 0.2) is 5.82 Å². The standard InChI is InChI=1S/C25H28N4O2/c26-15-18-6-3-7-19(13-18)16-27-24-21-9-1-2-10-22(21)28-23(29-24)12-11-17-5-4-8-20(14-17)25(30)31/h1-2,4-5,8-12,14,18-19H,3,6-7,13,15-16,26H2,(H,30,31)(H,27,28,29)/b12-11+. The maximum absolute atomic E-state index is 11.2. The highest BCUT2D eigenvalue weighted by Gasteiger charge is 2.21. The smallest absolute Gasteiger partial charge is 0.335 e. The second-order valence-corrected chi connectivity index (χ2v) is 8.23. The van der Waals surface area contributed by atoms with Gasteiger partial charge in [0.1, 0.15) is 5.82 Å². The van der Waals surface area contributed by atoms with E-state index in [0.717, 1.165) is 35.4 Å². The lowest BCUT2D eigenvalue weighted by Crippen LogP contribution is -2.26. The number of carboxylic acids is 1. The molecule has 0 amide bonds. The van der Waals surface area contributed by atoms with E-state index < -0.39 is 5.97 Å². The Morgan fingerprint density at radius 3 is 2.77 bits per heavy atom. The molecule has 6 nitrogen and oxygen atoms in total. The quantitative estimate of drug-likeness (QED) is 0.517. The van der Waals surface area contributed by atoms with Crippen molar-refractivity contribution in [1.82, 2.24) is 9.97 Å². The lowest BCUT2D eigenvalue weighted by molar-refractivity contribution is 0.0697. The van der Waals surface area contributed by atoms with Crippen LogP contribution in [0.4, 0.5) is 5.82 Å². The van der Waals surface area contributed by atoms with E-state index in [0.29, 0.717) is 17.7 Å². The molecule has 31 heavy (non-hydrogen) atoms. The molecule has 1 fully saturated rings. The van der Waals surface area contributed by atoms with Crippen LogP contribution >= 0.6 is 0 Å². The number of fused-ring (bicyclic) bond motifs is 1. The van der Waals surface area contributed by atoms with Crippen LogP contribution in [0, 0.1) is 11.8 Å². The molecule has 2 unspecified atom stereocenters. The molecule has 1 saturated carbocycles. The highest BCUT2D eigenvalue weighted by molar-refractivity contribution is 5.90. The summed E-state index contributed by atoms with van der Waals surface area (Å²) in [5, 5.41) is 13.7. The van der Waals surface area contributed by atoms with Crippen LogP contribution in [0.2, 0.25) is 0 Å². The Morgan fingerprint density at radius 1 is 1.10 bits per heavy atom. The van der Waals surface area contributed by atoms with E-state index in [1.807, 2.05) is 42.5 Å². The Morgan fingerprint density at radius 2 is 1.94 bits per heavy atom. The summed E-state index contributed by atoms with van der Waals surface area (Å²) in [6.45, 7) is 1.65. The van der Waals surface area contributed by atoms with Crippen molar-refractivity contribution in [3.8, 4) is 0 Å². The third-order valence-electron chi connectivity index (χ3n) is 5.96. The first kappa shape index (κ1) is 21.0. The van der Waals surface area contributed by atoms with Crippen LogP contribution in [0.25, 0.3) is 23.1 Å². The molecule has 0 aliphatic heterocycles. The molecule has 0 spiro atoms. The molecule has 1 aliphatic carbocycles. The molecular weight excluding hydrogens is 388 g/mol. The third kappa shape index (κ3) is 5.27. The summed E-state index contributed by atoms with van der Waals surface area (Å²) in [5.41, 5.74) is 7.82. The van der Waals surface area contributed by atoms with Crippen molar-refractivity contribution in [3.63, 3.8) is 0 Å². The van der Waals surface area contributed by atoms with Crippen LogP contribution in [0.3, 0.4) is 0 Å². The van der Waals surface area contributed by atoms with Crippen molar-refractivity contribution < 1.29 is 9.90 Å². The molecule has 3 aromatic rings. The number of nitrogens with zero attached hydrogens (tertiary/aromatic N) is 2. The van der Waals surface area contributed by atoms with Crippen molar-refractivity contribution in [1.29, 1.82) is 0 Å². The van der Waals surface area contributed by atoms with E-state index in [9.17, 15) is 9.90 Å². The van der Waals surface area contributed by atoms with Crippen LogP contribution in [0.15, 0.2) is 48.5 Å². The van der Waals surface area contributed by atoms with Gasteiger partial charge in [0, 0.05) is 11.9 Å². The topological polar surface area (TPSA) is 101 Å². The van der Waals surface area contributed by atoms with Crippen LogP contribution < -0.4 is 11.1 Å². The minimum Gasteiger partial charge on any atom is -0.478 e. The van der Waals surface area contributed by atoms with E-state index in [4.69, 9.17) is 10.7 Å². The van der Waals surface area contributed by atoms with E-state index in [-0.39, 0.29) is 5.56 Å². The van der Waals surface area contributed by atoms with E-state index in [1.165, 1.54) is 25.7 Å². The highest BCUT2D eigenvalue weighted by atomic mass is 16.4. The molecule has 0 radical (unpaired) electrons. The number of para-hydroxylation sites is 1. The number of nitrogens with two attached hydrogens (primary N) is 1. The van der Waals surface area contributed by atoms with Gasteiger partial charge in [0.2, 0.25) is 0 Å². The van der Waals surface area contributed by atoms with Gasteiger partial charge in [-0.25, -0.2) is 14.8 Å². The van der Waals surface area contributed by atoms with Gasteiger partial charge in [-0.15, -0.1) is 0 Å². The summed E-state index contributed by atoms with van der Waals surface area (Å²) in [6, 6.07) is 14.8. The Labute approximate surface area is 182 Å². The number of anilines is 1. The third-order valence-corrected chi connectivity index (χ3v) is 5.96. The number of rotatable bonds is 7. The zero-order chi connectivity index (χ0) is 21.6. The molecule has 2 aromatic carbocycles. The number of aromatic nitrogens is 2. The zero-order valence-corrected chi connectivity index (χ0v) is 17.5. The highest BCUT2D eigenvalue weighted by Crippen LogP contribution is 2.29. The van der Waals surface area contributed by atoms with Crippen molar-refractivity contribution >= 4 is 34.8 Å². The fraction of sp³-hybridized carbons (Fsp3) is 0.320. The maximum atomic E-state index is 11.2. The Hall–Kier alpha value is -3.25. The Kier molecular flexibility index (Phi) is 6.57. The first-order chi connectivity index (χ1) is 15.1. The molecule has 160 valence electrons. The maximum Gasteiger partial charge on any atom is 0.335 e. The molecule has 0 saturated heterocycles. The molecule has 6 heteroatoms. The fourth-order valence-corrected chi connectivity index (χ4v) is 4.29. The fourth-order valence-electron chi connectivity index (χ4n) is 4.29. The monoisotopic (exact) mass is 416 g/mol. The first-order valence-electron chi connectivity index (χ1n) is 10.8. The van der Waals surface area contributed by atoms with Gasteiger partial charge in [-0.1, -0.05) is 36.8 Å². The molecule has 2 atom stereocenters. The Balaban J connectivity index is 1.56. The van der Waals surface area contributed by atoms with Crippen LogP contribution in [0.5, 0.6) is 0 Å².